The minimum atomic E-state index is -0.224. The largest absolute Gasteiger partial charge is 0.460 e. The van der Waals surface area contributed by atoms with E-state index in [0.717, 1.165) is 12.2 Å². The first-order chi connectivity index (χ1) is 8.69. The van der Waals surface area contributed by atoms with Gasteiger partial charge in [-0.05, 0) is 25.5 Å². The lowest BCUT2D eigenvalue weighted by molar-refractivity contribution is 0.429. The molecule has 0 spiro atoms. The van der Waals surface area contributed by atoms with Gasteiger partial charge in [0.25, 0.3) is 0 Å². The molecular formula is C16H14O2. The molecule has 0 saturated heterocycles. The van der Waals surface area contributed by atoms with E-state index in [1.807, 2.05) is 30.4 Å². The minimum absolute atomic E-state index is 0.0241. The molecule has 2 heteroatoms. The lowest BCUT2D eigenvalue weighted by Gasteiger charge is -2.25. The van der Waals surface area contributed by atoms with Gasteiger partial charge >= 0.3 is 0 Å². The predicted octanol–water partition coefficient (Wildman–Crippen LogP) is 3.57. The highest BCUT2D eigenvalue weighted by atomic mass is 16.3. The molecule has 0 N–H and O–H groups in total. The SMILES string of the molecule is CC1(c2cc(=O)c3ccccc3o2)C=CC=CC1. The molecular weight excluding hydrogens is 224 g/mol. The van der Waals surface area contributed by atoms with E-state index in [1.54, 1.807) is 12.1 Å². The molecule has 0 aliphatic heterocycles. The van der Waals surface area contributed by atoms with Crippen molar-refractivity contribution in [3.8, 4) is 0 Å². The van der Waals surface area contributed by atoms with Gasteiger partial charge in [-0.3, -0.25) is 4.79 Å². The Hall–Kier alpha value is -2.09. The molecule has 0 saturated carbocycles. The average molecular weight is 238 g/mol. The van der Waals surface area contributed by atoms with Crippen LogP contribution in [0.1, 0.15) is 19.1 Å². The zero-order valence-electron chi connectivity index (χ0n) is 10.2. The number of rotatable bonds is 1. The highest BCUT2D eigenvalue weighted by molar-refractivity contribution is 5.76. The topological polar surface area (TPSA) is 30.2 Å². The fourth-order valence-electron chi connectivity index (χ4n) is 2.30. The van der Waals surface area contributed by atoms with Crippen molar-refractivity contribution in [1.29, 1.82) is 0 Å². The molecule has 2 nitrogen and oxygen atoms in total. The molecule has 1 atom stereocenters. The Bertz CT molecular complexity index is 706. The van der Waals surface area contributed by atoms with Crippen molar-refractivity contribution in [2.24, 2.45) is 0 Å². The van der Waals surface area contributed by atoms with Crippen LogP contribution in [0.3, 0.4) is 0 Å². The Balaban J connectivity index is 2.22. The maximum Gasteiger partial charge on any atom is 0.192 e. The van der Waals surface area contributed by atoms with Gasteiger partial charge in [-0.2, -0.15) is 0 Å². The summed E-state index contributed by atoms with van der Waals surface area (Å²) < 4.78 is 5.90. The molecule has 0 bridgehead atoms. The van der Waals surface area contributed by atoms with E-state index in [0.29, 0.717) is 11.0 Å². The molecule has 1 aromatic heterocycles. The summed E-state index contributed by atoms with van der Waals surface area (Å²) in [5.41, 5.74) is 0.456. The Morgan fingerprint density at radius 3 is 2.83 bits per heavy atom. The molecule has 0 radical (unpaired) electrons. The molecule has 1 aliphatic carbocycles. The molecule has 0 fully saturated rings. The third kappa shape index (κ3) is 1.70. The Morgan fingerprint density at radius 2 is 2.06 bits per heavy atom. The molecule has 0 amide bonds. The van der Waals surface area contributed by atoms with Gasteiger partial charge < -0.3 is 4.42 Å². The number of hydrogen-bond donors (Lipinski definition) is 0. The monoisotopic (exact) mass is 238 g/mol. The van der Waals surface area contributed by atoms with E-state index in [1.165, 1.54) is 0 Å². The minimum Gasteiger partial charge on any atom is -0.460 e. The van der Waals surface area contributed by atoms with E-state index in [2.05, 4.69) is 19.1 Å². The maximum atomic E-state index is 12.1. The summed E-state index contributed by atoms with van der Waals surface area (Å²) in [5, 5.41) is 0.639. The summed E-state index contributed by atoms with van der Waals surface area (Å²) in [7, 11) is 0. The van der Waals surface area contributed by atoms with E-state index in [9.17, 15) is 4.79 Å². The van der Waals surface area contributed by atoms with Crippen LogP contribution < -0.4 is 5.43 Å². The Morgan fingerprint density at radius 1 is 1.22 bits per heavy atom. The molecule has 1 unspecified atom stereocenters. The molecule has 18 heavy (non-hydrogen) atoms. The highest BCUT2D eigenvalue weighted by Crippen LogP contribution is 2.32. The zero-order chi connectivity index (χ0) is 12.6. The Labute approximate surface area is 105 Å². The average Bonchev–Trinajstić information content (AvgIpc) is 2.39. The van der Waals surface area contributed by atoms with Gasteiger partial charge in [0.2, 0.25) is 0 Å². The molecule has 1 heterocycles. The van der Waals surface area contributed by atoms with Crippen molar-refractivity contribution in [3.63, 3.8) is 0 Å². The van der Waals surface area contributed by atoms with Crippen LogP contribution in [0, 0.1) is 0 Å². The van der Waals surface area contributed by atoms with E-state index < -0.39 is 0 Å². The number of fused-ring (bicyclic) bond motifs is 1. The lowest BCUT2D eigenvalue weighted by Crippen LogP contribution is -2.21. The van der Waals surface area contributed by atoms with Crippen molar-refractivity contribution in [3.05, 3.63) is 70.6 Å². The highest BCUT2D eigenvalue weighted by Gasteiger charge is 2.27. The number of allylic oxidation sites excluding steroid dienone is 4. The van der Waals surface area contributed by atoms with Crippen LogP contribution in [0.15, 0.2) is 63.8 Å². The van der Waals surface area contributed by atoms with Gasteiger partial charge in [-0.15, -0.1) is 0 Å². The third-order valence-corrected chi connectivity index (χ3v) is 3.45. The van der Waals surface area contributed by atoms with Crippen LogP contribution in [0.25, 0.3) is 11.0 Å². The molecule has 3 rings (SSSR count). The molecule has 90 valence electrons. The summed E-state index contributed by atoms with van der Waals surface area (Å²) in [6, 6.07) is 8.99. The summed E-state index contributed by atoms with van der Waals surface area (Å²) in [5.74, 6) is 0.729. The van der Waals surface area contributed by atoms with Gasteiger partial charge in [0.05, 0.1) is 5.39 Å². The second kappa shape index (κ2) is 3.98. The van der Waals surface area contributed by atoms with Gasteiger partial charge in [0.15, 0.2) is 5.43 Å². The van der Waals surface area contributed by atoms with Gasteiger partial charge in [0, 0.05) is 11.5 Å². The van der Waals surface area contributed by atoms with Crippen molar-refractivity contribution in [2.45, 2.75) is 18.8 Å². The van der Waals surface area contributed by atoms with Crippen LogP contribution in [-0.2, 0) is 5.41 Å². The fourth-order valence-corrected chi connectivity index (χ4v) is 2.30. The van der Waals surface area contributed by atoms with E-state index in [-0.39, 0.29) is 10.8 Å². The summed E-state index contributed by atoms with van der Waals surface area (Å²) in [6.45, 7) is 2.08. The predicted molar refractivity (Wildman–Crippen MR) is 72.7 cm³/mol. The number of benzene rings is 1. The lowest BCUT2D eigenvalue weighted by atomic mass is 9.81. The van der Waals surface area contributed by atoms with Crippen LogP contribution >= 0.6 is 0 Å². The summed E-state index contributed by atoms with van der Waals surface area (Å²) >= 11 is 0. The quantitative estimate of drug-likeness (QED) is 0.760. The molecule has 1 aromatic carbocycles. The first-order valence-corrected chi connectivity index (χ1v) is 6.07. The van der Waals surface area contributed by atoms with Crippen LogP contribution in [0.2, 0.25) is 0 Å². The third-order valence-electron chi connectivity index (χ3n) is 3.45. The number of hydrogen-bond acceptors (Lipinski definition) is 2. The maximum absolute atomic E-state index is 12.1. The second-order valence-electron chi connectivity index (χ2n) is 4.88. The van der Waals surface area contributed by atoms with E-state index in [4.69, 9.17) is 4.42 Å². The molecule has 2 aromatic rings. The molecule has 1 aliphatic rings. The van der Waals surface area contributed by atoms with Crippen molar-refractivity contribution >= 4 is 11.0 Å². The van der Waals surface area contributed by atoms with E-state index >= 15 is 0 Å². The summed E-state index contributed by atoms with van der Waals surface area (Å²) in [4.78, 5) is 12.1. The zero-order valence-corrected chi connectivity index (χ0v) is 10.2. The smallest absolute Gasteiger partial charge is 0.192 e. The normalized spacial score (nSPS) is 22.5. The standard InChI is InChI=1S/C16H14O2/c1-16(9-5-2-6-10-16)15-11-13(17)12-7-3-4-8-14(12)18-15/h2-9,11H,10H2,1H3. The first-order valence-electron chi connectivity index (χ1n) is 6.07. The Kier molecular flexibility index (Phi) is 2.44. The van der Waals surface area contributed by atoms with Crippen molar-refractivity contribution in [2.75, 3.05) is 0 Å². The van der Waals surface area contributed by atoms with Crippen LogP contribution in [-0.4, -0.2) is 0 Å². The van der Waals surface area contributed by atoms with Gasteiger partial charge in [0.1, 0.15) is 11.3 Å². The second-order valence-corrected chi connectivity index (χ2v) is 4.88. The fraction of sp³-hybridized carbons (Fsp3) is 0.188. The van der Waals surface area contributed by atoms with Gasteiger partial charge in [-0.25, -0.2) is 0 Å². The first kappa shape index (κ1) is 11.0. The van der Waals surface area contributed by atoms with Crippen LogP contribution in [0.4, 0.5) is 0 Å². The van der Waals surface area contributed by atoms with Crippen LogP contribution in [0.5, 0.6) is 0 Å². The van der Waals surface area contributed by atoms with Gasteiger partial charge in [-0.1, -0.05) is 36.4 Å². The van der Waals surface area contributed by atoms with Crippen molar-refractivity contribution < 1.29 is 4.42 Å². The number of para-hydroxylation sites is 1. The summed E-state index contributed by atoms with van der Waals surface area (Å²) in [6.07, 6.45) is 9.04. The van der Waals surface area contributed by atoms with Crippen molar-refractivity contribution in [1.82, 2.24) is 0 Å².